The van der Waals surface area contributed by atoms with Crippen molar-refractivity contribution < 1.29 is 9.47 Å². The van der Waals surface area contributed by atoms with Crippen LogP contribution in [0.5, 0.6) is 0 Å². The molecular weight excluding hydrogens is 286 g/mol. The first kappa shape index (κ1) is 26.4. The van der Waals surface area contributed by atoms with Gasteiger partial charge in [0, 0.05) is 18.5 Å². The summed E-state index contributed by atoms with van der Waals surface area (Å²) in [5.41, 5.74) is 0. The van der Waals surface area contributed by atoms with E-state index in [1.54, 1.807) is 4.90 Å². The summed E-state index contributed by atoms with van der Waals surface area (Å²) in [5, 5.41) is 0.546. The molecule has 3 nitrogen and oxygen atoms in total. The van der Waals surface area contributed by atoms with Gasteiger partial charge < -0.3 is 39.2 Å². The van der Waals surface area contributed by atoms with Crippen molar-refractivity contribution in [2.24, 2.45) is 0 Å². The van der Waals surface area contributed by atoms with Gasteiger partial charge in [-0.25, -0.2) is 0 Å². The van der Waals surface area contributed by atoms with Gasteiger partial charge >= 0.3 is 0 Å². The van der Waals surface area contributed by atoms with Crippen LogP contribution in [0.25, 0.3) is 0 Å². The molecule has 6 heteroatoms. The molecule has 0 spiro atoms. The molecule has 0 aromatic carbocycles. The molecule has 0 N–H and O–H groups in total. The Hall–Kier alpha value is -0.200. The summed E-state index contributed by atoms with van der Waals surface area (Å²) in [4.78, 5) is 1.77. The quantitative estimate of drug-likeness (QED) is 0.567. The molecule has 0 aliphatic carbocycles. The molecule has 112 valence electrons. The van der Waals surface area contributed by atoms with E-state index < -0.39 is 0 Å². The van der Waals surface area contributed by atoms with Gasteiger partial charge in [-0.1, -0.05) is 14.9 Å². The van der Waals surface area contributed by atoms with Crippen LogP contribution in [-0.4, -0.2) is 40.8 Å². The zero-order chi connectivity index (χ0) is 13.3. The fraction of sp³-hybridized carbons (Fsp3) is 0.833. The molecule has 0 aliphatic heterocycles. The first-order valence-corrected chi connectivity index (χ1v) is 6.14. The third-order valence-electron chi connectivity index (χ3n) is 1.03. The van der Waals surface area contributed by atoms with Gasteiger partial charge in [-0.2, -0.15) is 0 Å². The lowest BCUT2D eigenvalue weighted by atomic mass is 10.5. The third kappa shape index (κ3) is 24.9. The van der Waals surface area contributed by atoms with Gasteiger partial charge in [-0.3, -0.25) is 0 Å². The monoisotopic (exact) mass is 314 g/mol. The Morgan fingerprint density at radius 2 is 1.28 bits per heavy atom. The van der Waals surface area contributed by atoms with Gasteiger partial charge in [-0.15, -0.1) is 0 Å². The number of thiocarbonyl (C=S) groups is 2. The molecule has 0 unspecified atom stereocenters. The number of nitrogens with zero attached hydrogens (tertiary/aromatic N) is 1. The van der Waals surface area contributed by atoms with Crippen molar-refractivity contribution in [3.63, 3.8) is 0 Å². The lowest BCUT2D eigenvalue weighted by Gasteiger charge is -2.16. The second kappa shape index (κ2) is 14.9. The van der Waals surface area contributed by atoms with E-state index in [0.29, 0.717) is 5.17 Å². The zero-order valence-corrected chi connectivity index (χ0v) is 13.1. The van der Waals surface area contributed by atoms with Crippen LogP contribution in [-0.2, 0) is 22.1 Å². The molecule has 0 aliphatic rings. The lowest BCUT2D eigenvalue weighted by molar-refractivity contribution is 0.203. The standard InChI is InChI=1S/C6H13NOS.C4H8OS2.2CH4/c1-5(2)8-6(9)7(3)4;1-3(2)5-4(6)7;;/h5H,1-4H3;3H,1-2H3,(H,6,7);2*1H4/p-1. The molecule has 0 fully saturated rings. The third-order valence-corrected chi connectivity index (χ3v) is 1.69. The predicted molar refractivity (Wildman–Crippen MR) is 92.2 cm³/mol. The Morgan fingerprint density at radius 1 is 0.944 bits per heavy atom. The van der Waals surface area contributed by atoms with Crippen LogP contribution in [0.1, 0.15) is 42.5 Å². The SMILES string of the molecule is C.C.CC(C)OC(=S)N(C)C.CC(C)OC(=S)[S-]. The van der Waals surface area contributed by atoms with Crippen LogP contribution in [0.15, 0.2) is 0 Å². The van der Waals surface area contributed by atoms with E-state index in [0.717, 1.165) is 0 Å². The topological polar surface area (TPSA) is 21.7 Å². The number of rotatable bonds is 2. The summed E-state index contributed by atoms with van der Waals surface area (Å²) in [7, 11) is 3.73. The van der Waals surface area contributed by atoms with Crippen molar-refractivity contribution in [3.8, 4) is 0 Å². The molecule has 0 rings (SSSR count). The second-order valence-electron chi connectivity index (χ2n) is 3.74. The fourth-order valence-corrected chi connectivity index (χ4v) is 1.08. The van der Waals surface area contributed by atoms with Crippen molar-refractivity contribution in [2.45, 2.75) is 54.8 Å². The highest BCUT2D eigenvalue weighted by atomic mass is 32.1. The molecular formula is C12H28NO2S3-. The van der Waals surface area contributed by atoms with Gasteiger partial charge in [-0.05, 0) is 39.9 Å². The summed E-state index contributed by atoms with van der Waals surface area (Å²) in [6.07, 6.45) is 0.310. The Bertz CT molecular complexity index is 219. The Labute approximate surface area is 130 Å². The summed E-state index contributed by atoms with van der Waals surface area (Å²) < 4.78 is 10.2. The number of ether oxygens (including phenoxy) is 2. The average Bonchev–Trinajstić information content (AvgIpc) is 2.00. The summed E-state index contributed by atoms with van der Waals surface area (Å²) in [6, 6.07) is 0. The normalized spacial score (nSPS) is 8.22. The highest BCUT2D eigenvalue weighted by molar-refractivity contribution is 7.99. The molecule has 18 heavy (non-hydrogen) atoms. The van der Waals surface area contributed by atoms with E-state index in [2.05, 4.69) is 24.8 Å². The minimum atomic E-state index is 0. The average molecular weight is 315 g/mol. The summed E-state index contributed by atoms with van der Waals surface area (Å²) in [5.74, 6) is 0. The van der Waals surface area contributed by atoms with Gasteiger partial charge in [0.2, 0.25) is 0 Å². The molecule has 0 aromatic rings. The van der Waals surface area contributed by atoms with Gasteiger partial charge in [0.15, 0.2) is 0 Å². The first-order valence-electron chi connectivity index (χ1n) is 4.92. The molecule has 0 amide bonds. The van der Waals surface area contributed by atoms with E-state index in [9.17, 15) is 0 Å². The second-order valence-corrected chi connectivity index (χ2v) is 5.09. The van der Waals surface area contributed by atoms with Crippen LogP contribution < -0.4 is 0 Å². The van der Waals surface area contributed by atoms with Crippen molar-refractivity contribution in [1.82, 2.24) is 4.90 Å². The largest absolute Gasteiger partial charge is 0.511 e. The molecule has 0 bridgehead atoms. The van der Waals surface area contributed by atoms with Gasteiger partial charge in [0.05, 0.1) is 12.2 Å². The highest BCUT2D eigenvalue weighted by Gasteiger charge is 2.00. The van der Waals surface area contributed by atoms with Crippen molar-refractivity contribution >= 4 is 46.6 Å². The maximum atomic E-state index is 5.17. The minimum Gasteiger partial charge on any atom is -0.511 e. The van der Waals surface area contributed by atoms with Crippen LogP contribution in [0, 0.1) is 0 Å². The first-order chi connectivity index (χ1) is 7.16. The molecule has 0 saturated carbocycles. The molecule has 0 heterocycles. The van der Waals surface area contributed by atoms with E-state index in [1.165, 1.54) is 0 Å². The van der Waals surface area contributed by atoms with Crippen LogP contribution >= 0.6 is 24.4 Å². The fourth-order valence-electron chi connectivity index (χ4n) is 0.499. The molecule has 0 saturated heterocycles. The van der Waals surface area contributed by atoms with Crippen molar-refractivity contribution in [2.75, 3.05) is 14.1 Å². The summed E-state index contributed by atoms with van der Waals surface area (Å²) in [6.45, 7) is 7.68. The Kier molecular flexibility index (Phi) is 21.8. The molecule has 0 radical (unpaired) electrons. The molecule has 0 aromatic heterocycles. The number of hydrogen-bond donors (Lipinski definition) is 0. The number of hydrogen-bond acceptors (Lipinski definition) is 5. The maximum absolute atomic E-state index is 5.17. The van der Waals surface area contributed by atoms with Crippen LogP contribution in [0.3, 0.4) is 0 Å². The zero-order valence-electron chi connectivity index (χ0n) is 10.6. The Balaban J connectivity index is -0.000000100. The van der Waals surface area contributed by atoms with Gasteiger partial charge in [0.25, 0.3) is 5.17 Å². The van der Waals surface area contributed by atoms with Crippen molar-refractivity contribution in [1.29, 1.82) is 0 Å². The predicted octanol–water partition coefficient (Wildman–Crippen LogP) is 3.77. The Morgan fingerprint density at radius 3 is 1.33 bits per heavy atom. The molecule has 0 atom stereocenters. The van der Waals surface area contributed by atoms with Gasteiger partial charge in [0.1, 0.15) is 0 Å². The smallest absolute Gasteiger partial charge is 0.259 e. The van der Waals surface area contributed by atoms with Crippen LogP contribution in [0.2, 0.25) is 0 Å². The lowest BCUT2D eigenvalue weighted by Crippen LogP contribution is -2.25. The maximum Gasteiger partial charge on any atom is 0.259 e. The highest BCUT2D eigenvalue weighted by Crippen LogP contribution is 1.92. The van der Waals surface area contributed by atoms with E-state index in [1.807, 2.05) is 41.8 Å². The van der Waals surface area contributed by atoms with E-state index in [4.69, 9.17) is 21.7 Å². The minimum absolute atomic E-state index is 0. The van der Waals surface area contributed by atoms with Crippen LogP contribution in [0.4, 0.5) is 0 Å². The van der Waals surface area contributed by atoms with Crippen molar-refractivity contribution in [3.05, 3.63) is 0 Å². The van der Waals surface area contributed by atoms with E-state index >= 15 is 0 Å². The van der Waals surface area contributed by atoms with E-state index in [-0.39, 0.29) is 31.4 Å². The summed E-state index contributed by atoms with van der Waals surface area (Å²) >= 11 is 13.8.